The Morgan fingerprint density at radius 2 is 1.93 bits per heavy atom. The first kappa shape index (κ1) is 16.4. The van der Waals surface area contributed by atoms with Crippen LogP contribution in [-0.4, -0.2) is 24.9 Å². The molecule has 0 radical (unpaired) electrons. The minimum atomic E-state index is -0.393. The summed E-state index contributed by atoms with van der Waals surface area (Å²) in [6, 6.07) is 14.7. The Labute approximate surface area is 161 Å². The number of phenols is 1. The first-order valence-corrected chi connectivity index (χ1v) is 9.21. The van der Waals surface area contributed by atoms with Gasteiger partial charge in [0.2, 0.25) is 4.96 Å². The van der Waals surface area contributed by atoms with Crippen LogP contribution in [0.15, 0.2) is 64.0 Å². The lowest BCUT2D eigenvalue weighted by Gasteiger charge is -2.04. The first-order chi connectivity index (χ1) is 13.7. The molecule has 0 saturated carbocycles. The van der Waals surface area contributed by atoms with E-state index in [1.807, 2.05) is 30.3 Å². The molecule has 0 saturated heterocycles. The summed E-state index contributed by atoms with van der Waals surface area (Å²) in [4.78, 5) is 13.1. The van der Waals surface area contributed by atoms with Crippen molar-refractivity contribution in [3.8, 4) is 16.5 Å². The van der Waals surface area contributed by atoms with Gasteiger partial charge in [-0.25, -0.2) is 0 Å². The van der Waals surface area contributed by atoms with Crippen LogP contribution in [0.3, 0.4) is 0 Å². The molecule has 0 amide bonds. The van der Waals surface area contributed by atoms with Gasteiger partial charge in [0.15, 0.2) is 16.5 Å². The van der Waals surface area contributed by atoms with Crippen LogP contribution >= 0.6 is 11.3 Å². The van der Waals surface area contributed by atoms with Gasteiger partial charge in [-0.15, -0.1) is 15.3 Å². The molecule has 0 aliphatic carbocycles. The average Bonchev–Trinajstić information content (AvgIpc) is 3.38. The number of hydrogen-bond acceptors (Lipinski definition) is 7. The summed E-state index contributed by atoms with van der Waals surface area (Å²) in [6.45, 7) is 0. The van der Waals surface area contributed by atoms with Crippen molar-refractivity contribution in [2.75, 3.05) is 0 Å². The van der Waals surface area contributed by atoms with Gasteiger partial charge >= 0.3 is 5.56 Å². The standard InChI is InChI=1S/C20H12N4O3S/c25-16-10-7-12-4-1-2-5-13(12)14(16)8-9-15-19(26)24-20(22-21-15)28-18(23-24)17-6-3-11-27-17/h1-11,25H/b9-8+. The van der Waals surface area contributed by atoms with Gasteiger partial charge in [0.1, 0.15) is 5.75 Å². The van der Waals surface area contributed by atoms with Crippen molar-refractivity contribution in [1.29, 1.82) is 0 Å². The second-order valence-corrected chi connectivity index (χ2v) is 6.98. The molecule has 28 heavy (non-hydrogen) atoms. The number of aromatic nitrogens is 4. The second-order valence-electron chi connectivity index (χ2n) is 6.02. The smallest absolute Gasteiger partial charge is 0.301 e. The molecule has 0 unspecified atom stereocenters. The zero-order valence-corrected chi connectivity index (χ0v) is 15.1. The van der Waals surface area contributed by atoms with Crippen LogP contribution in [0.25, 0.3) is 38.7 Å². The van der Waals surface area contributed by atoms with Crippen LogP contribution in [0.2, 0.25) is 0 Å². The maximum absolute atomic E-state index is 12.7. The van der Waals surface area contributed by atoms with Crippen LogP contribution in [0.4, 0.5) is 0 Å². The van der Waals surface area contributed by atoms with Gasteiger partial charge in [-0.3, -0.25) is 4.79 Å². The number of aromatic hydroxyl groups is 1. The molecule has 3 aromatic heterocycles. The van der Waals surface area contributed by atoms with Crippen LogP contribution in [-0.2, 0) is 0 Å². The quantitative estimate of drug-likeness (QED) is 0.505. The number of rotatable bonds is 3. The number of benzene rings is 2. The Hall–Kier alpha value is -3.78. The molecule has 5 aromatic rings. The van der Waals surface area contributed by atoms with Crippen LogP contribution in [0.5, 0.6) is 5.75 Å². The van der Waals surface area contributed by atoms with Crippen molar-refractivity contribution in [3.63, 3.8) is 0 Å². The predicted molar refractivity (Wildman–Crippen MR) is 107 cm³/mol. The molecule has 0 bridgehead atoms. The largest absolute Gasteiger partial charge is 0.507 e. The Balaban J connectivity index is 1.60. The van der Waals surface area contributed by atoms with Crippen molar-refractivity contribution in [2.24, 2.45) is 0 Å². The highest BCUT2D eigenvalue weighted by molar-refractivity contribution is 7.19. The van der Waals surface area contributed by atoms with Gasteiger partial charge in [0.25, 0.3) is 0 Å². The maximum atomic E-state index is 12.7. The highest BCUT2D eigenvalue weighted by Gasteiger charge is 2.13. The highest BCUT2D eigenvalue weighted by Crippen LogP contribution is 2.29. The Morgan fingerprint density at radius 1 is 1.04 bits per heavy atom. The molecule has 5 rings (SSSR count). The van der Waals surface area contributed by atoms with E-state index in [1.54, 1.807) is 30.5 Å². The number of furan rings is 1. The fourth-order valence-electron chi connectivity index (χ4n) is 2.95. The minimum Gasteiger partial charge on any atom is -0.507 e. The number of hydrogen-bond donors (Lipinski definition) is 1. The third-order valence-electron chi connectivity index (χ3n) is 4.30. The van der Waals surface area contributed by atoms with E-state index in [0.29, 0.717) is 21.3 Å². The van der Waals surface area contributed by atoms with Crippen LogP contribution < -0.4 is 5.56 Å². The molecule has 2 aromatic carbocycles. The summed E-state index contributed by atoms with van der Waals surface area (Å²) in [7, 11) is 0. The molecular formula is C20H12N4O3S. The molecule has 0 aliphatic heterocycles. The topological polar surface area (TPSA) is 93.5 Å². The molecule has 0 fully saturated rings. The predicted octanol–water partition coefficient (Wildman–Crippen LogP) is 3.84. The first-order valence-electron chi connectivity index (χ1n) is 8.40. The van der Waals surface area contributed by atoms with Crippen molar-refractivity contribution in [3.05, 3.63) is 76.4 Å². The van der Waals surface area contributed by atoms with Gasteiger partial charge in [0, 0.05) is 5.56 Å². The molecule has 136 valence electrons. The Bertz CT molecular complexity index is 1400. The van der Waals surface area contributed by atoms with Crippen molar-refractivity contribution in [1.82, 2.24) is 19.8 Å². The summed E-state index contributed by atoms with van der Waals surface area (Å²) in [5.74, 6) is 0.686. The zero-order valence-electron chi connectivity index (χ0n) is 14.3. The molecule has 3 heterocycles. The third kappa shape index (κ3) is 2.67. The van der Waals surface area contributed by atoms with Gasteiger partial charge in [-0.1, -0.05) is 41.7 Å². The summed E-state index contributed by atoms with van der Waals surface area (Å²) in [5, 5.41) is 25.0. The Kier molecular flexibility index (Phi) is 3.77. The van der Waals surface area contributed by atoms with Crippen LogP contribution in [0, 0.1) is 0 Å². The van der Waals surface area contributed by atoms with E-state index in [2.05, 4.69) is 15.3 Å². The lowest BCUT2D eigenvalue weighted by molar-refractivity contribution is 0.475. The van der Waals surface area contributed by atoms with Gasteiger partial charge in [0.05, 0.1) is 6.26 Å². The van der Waals surface area contributed by atoms with E-state index in [9.17, 15) is 9.90 Å². The van der Waals surface area contributed by atoms with Gasteiger partial charge < -0.3 is 9.52 Å². The van der Waals surface area contributed by atoms with E-state index < -0.39 is 5.56 Å². The van der Waals surface area contributed by atoms with Gasteiger partial charge in [-0.2, -0.15) is 4.52 Å². The molecule has 0 atom stereocenters. The molecule has 7 nitrogen and oxygen atoms in total. The summed E-state index contributed by atoms with van der Waals surface area (Å²) in [5.41, 5.74) is 0.343. The van der Waals surface area contributed by atoms with E-state index in [0.717, 1.165) is 10.8 Å². The second kappa shape index (κ2) is 6.43. The van der Waals surface area contributed by atoms with E-state index in [4.69, 9.17) is 4.42 Å². The number of phenolic OH excluding ortho intramolecular Hbond substituents is 1. The minimum absolute atomic E-state index is 0.123. The van der Waals surface area contributed by atoms with Crippen molar-refractivity contribution >= 4 is 39.2 Å². The fourth-order valence-corrected chi connectivity index (χ4v) is 3.76. The number of fused-ring (bicyclic) bond motifs is 2. The molecule has 0 aliphatic rings. The van der Waals surface area contributed by atoms with Crippen molar-refractivity contribution < 1.29 is 9.52 Å². The average molecular weight is 388 g/mol. The summed E-state index contributed by atoms with van der Waals surface area (Å²) in [6.07, 6.45) is 4.74. The molecule has 1 N–H and O–H groups in total. The monoisotopic (exact) mass is 388 g/mol. The number of nitrogens with zero attached hydrogens (tertiary/aromatic N) is 4. The molecular weight excluding hydrogens is 376 g/mol. The van der Waals surface area contributed by atoms with E-state index >= 15 is 0 Å². The summed E-state index contributed by atoms with van der Waals surface area (Å²) >= 11 is 1.22. The third-order valence-corrected chi connectivity index (χ3v) is 5.22. The zero-order chi connectivity index (χ0) is 19.1. The summed E-state index contributed by atoms with van der Waals surface area (Å²) < 4.78 is 6.53. The Morgan fingerprint density at radius 3 is 2.79 bits per heavy atom. The maximum Gasteiger partial charge on any atom is 0.301 e. The normalized spacial score (nSPS) is 11.7. The van der Waals surface area contributed by atoms with Crippen LogP contribution in [0.1, 0.15) is 11.3 Å². The molecule has 0 spiro atoms. The van der Waals surface area contributed by atoms with Gasteiger partial charge in [-0.05, 0) is 41.1 Å². The lowest BCUT2D eigenvalue weighted by atomic mass is 10.0. The van der Waals surface area contributed by atoms with E-state index in [1.165, 1.54) is 21.9 Å². The SMILES string of the molecule is O=c1c(/C=C/c2c(O)ccc3ccccc23)nnc2sc(-c3ccco3)nn12. The fraction of sp³-hybridized carbons (Fsp3) is 0. The molecule has 8 heteroatoms. The highest BCUT2D eigenvalue weighted by atomic mass is 32.1. The van der Waals surface area contributed by atoms with E-state index in [-0.39, 0.29) is 11.4 Å². The van der Waals surface area contributed by atoms with Crippen molar-refractivity contribution in [2.45, 2.75) is 0 Å². The lowest BCUT2D eigenvalue weighted by Crippen LogP contribution is -2.19.